The average molecular weight is 270 g/mol. The predicted octanol–water partition coefficient (Wildman–Crippen LogP) is 3.23. The third-order valence-electron chi connectivity index (χ3n) is 4.04. The highest BCUT2D eigenvalue weighted by atomic mass is 16.3. The Morgan fingerprint density at radius 2 is 2.25 bits per heavy atom. The van der Waals surface area contributed by atoms with Gasteiger partial charge in [-0.2, -0.15) is 0 Å². The first-order valence-corrected chi connectivity index (χ1v) is 7.46. The van der Waals surface area contributed by atoms with Crippen LogP contribution in [-0.4, -0.2) is 16.2 Å². The number of benzene rings is 1. The van der Waals surface area contributed by atoms with Crippen LogP contribution < -0.4 is 5.32 Å². The molecule has 106 valence electrons. The number of fused-ring (bicyclic) bond motifs is 1. The van der Waals surface area contributed by atoms with E-state index in [4.69, 9.17) is 0 Å². The fourth-order valence-electron chi connectivity index (χ4n) is 3.16. The Morgan fingerprint density at radius 1 is 1.35 bits per heavy atom. The molecule has 1 aromatic heterocycles. The van der Waals surface area contributed by atoms with E-state index in [1.807, 2.05) is 12.1 Å². The molecule has 0 amide bonds. The summed E-state index contributed by atoms with van der Waals surface area (Å²) >= 11 is 0. The van der Waals surface area contributed by atoms with Gasteiger partial charge < -0.3 is 15.0 Å². The van der Waals surface area contributed by atoms with Crippen LogP contribution in [0.1, 0.15) is 42.5 Å². The van der Waals surface area contributed by atoms with Gasteiger partial charge in [0.2, 0.25) is 0 Å². The van der Waals surface area contributed by atoms with E-state index < -0.39 is 0 Å². The summed E-state index contributed by atoms with van der Waals surface area (Å²) in [5.74, 6) is 0.338. The van der Waals surface area contributed by atoms with Crippen LogP contribution in [0.25, 0.3) is 0 Å². The molecule has 0 spiro atoms. The molecular formula is C17H22N2O. The number of phenols is 1. The van der Waals surface area contributed by atoms with Gasteiger partial charge in [-0.05, 0) is 54.6 Å². The third-order valence-corrected chi connectivity index (χ3v) is 4.04. The summed E-state index contributed by atoms with van der Waals surface area (Å²) in [6, 6.07) is 8.01. The Kier molecular flexibility index (Phi) is 3.79. The molecule has 2 aromatic rings. The van der Waals surface area contributed by atoms with Crippen LogP contribution >= 0.6 is 0 Å². The predicted molar refractivity (Wildman–Crippen MR) is 81.0 cm³/mol. The number of nitrogens with one attached hydrogen (secondary N) is 1. The van der Waals surface area contributed by atoms with Crippen molar-refractivity contribution < 1.29 is 5.11 Å². The van der Waals surface area contributed by atoms with Gasteiger partial charge in [0, 0.05) is 25.0 Å². The molecule has 1 heterocycles. The molecule has 0 fully saturated rings. The van der Waals surface area contributed by atoms with E-state index in [9.17, 15) is 5.11 Å². The maximum absolute atomic E-state index is 9.55. The molecule has 3 nitrogen and oxygen atoms in total. The molecule has 3 rings (SSSR count). The first-order valence-electron chi connectivity index (χ1n) is 7.46. The van der Waals surface area contributed by atoms with Crippen molar-refractivity contribution in [3.05, 3.63) is 53.3 Å². The summed E-state index contributed by atoms with van der Waals surface area (Å²) in [5, 5.41) is 13.1. The van der Waals surface area contributed by atoms with E-state index in [0.29, 0.717) is 11.8 Å². The van der Waals surface area contributed by atoms with Crippen molar-refractivity contribution in [1.29, 1.82) is 0 Å². The number of aromatic nitrogens is 1. The minimum absolute atomic E-state index is 0.338. The van der Waals surface area contributed by atoms with E-state index in [2.05, 4.69) is 35.3 Å². The molecular weight excluding hydrogens is 248 g/mol. The number of aromatic hydroxyl groups is 1. The molecule has 0 saturated heterocycles. The summed E-state index contributed by atoms with van der Waals surface area (Å²) < 4.78 is 2.25. The maximum Gasteiger partial charge on any atom is 0.115 e. The van der Waals surface area contributed by atoms with Gasteiger partial charge in [0.1, 0.15) is 5.75 Å². The van der Waals surface area contributed by atoms with Gasteiger partial charge in [0.15, 0.2) is 0 Å². The summed E-state index contributed by atoms with van der Waals surface area (Å²) in [7, 11) is 0. The molecule has 0 radical (unpaired) electrons. The molecule has 0 bridgehead atoms. The van der Waals surface area contributed by atoms with Gasteiger partial charge in [-0.25, -0.2) is 0 Å². The first kappa shape index (κ1) is 13.3. The SMILES string of the molecule is CCNC1CCCc2cn(Cc3cccc(O)c3)cc21. The van der Waals surface area contributed by atoms with Crippen LogP contribution in [0.5, 0.6) is 5.75 Å². The molecule has 1 atom stereocenters. The molecule has 1 unspecified atom stereocenters. The molecule has 2 N–H and O–H groups in total. The largest absolute Gasteiger partial charge is 0.508 e. The summed E-state index contributed by atoms with van der Waals surface area (Å²) in [6.45, 7) is 4.00. The number of hydrogen-bond acceptors (Lipinski definition) is 2. The van der Waals surface area contributed by atoms with Gasteiger partial charge in [0.05, 0.1) is 0 Å². The van der Waals surface area contributed by atoms with Crippen LogP contribution in [0.4, 0.5) is 0 Å². The highest BCUT2D eigenvalue weighted by molar-refractivity contribution is 5.32. The molecule has 20 heavy (non-hydrogen) atoms. The summed E-state index contributed by atoms with van der Waals surface area (Å²) in [6.07, 6.45) is 8.22. The third kappa shape index (κ3) is 2.73. The normalized spacial score (nSPS) is 17.9. The lowest BCUT2D eigenvalue weighted by Crippen LogP contribution is -2.23. The zero-order valence-corrected chi connectivity index (χ0v) is 12.0. The molecule has 1 aliphatic carbocycles. The number of phenolic OH excluding ortho intramolecular Hbond substituents is 1. The Hall–Kier alpha value is -1.74. The summed E-state index contributed by atoms with van der Waals surface area (Å²) in [4.78, 5) is 0. The number of rotatable bonds is 4. The lowest BCUT2D eigenvalue weighted by Gasteiger charge is -2.22. The standard InChI is InChI=1S/C17H22N2O/c1-2-18-17-8-4-6-14-11-19(12-16(14)17)10-13-5-3-7-15(20)9-13/h3,5,7,9,11-12,17-18,20H,2,4,6,8,10H2,1H3. The van der Waals surface area contributed by atoms with Gasteiger partial charge in [-0.15, -0.1) is 0 Å². The van der Waals surface area contributed by atoms with E-state index in [1.54, 1.807) is 6.07 Å². The quantitative estimate of drug-likeness (QED) is 0.895. The van der Waals surface area contributed by atoms with Crippen molar-refractivity contribution in [1.82, 2.24) is 9.88 Å². The Balaban J connectivity index is 1.82. The van der Waals surface area contributed by atoms with Crippen LogP contribution in [0, 0.1) is 0 Å². The van der Waals surface area contributed by atoms with Crippen LogP contribution in [0.3, 0.4) is 0 Å². The van der Waals surface area contributed by atoms with E-state index in [-0.39, 0.29) is 0 Å². The molecule has 1 aromatic carbocycles. The van der Waals surface area contributed by atoms with Crippen molar-refractivity contribution in [2.24, 2.45) is 0 Å². The van der Waals surface area contributed by atoms with Crippen molar-refractivity contribution in [3.63, 3.8) is 0 Å². The average Bonchev–Trinajstić information content (AvgIpc) is 2.82. The maximum atomic E-state index is 9.55. The minimum atomic E-state index is 0.338. The lowest BCUT2D eigenvalue weighted by molar-refractivity contribution is 0.473. The fourth-order valence-corrected chi connectivity index (χ4v) is 3.16. The van der Waals surface area contributed by atoms with Gasteiger partial charge in [-0.3, -0.25) is 0 Å². The molecule has 1 aliphatic rings. The van der Waals surface area contributed by atoms with E-state index in [1.165, 1.54) is 30.4 Å². The molecule has 3 heteroatoms. The molecule has 0 aliphatic heterocycles. The second kappa shape index (κ2) is 5.71. The Bertz CT molecular complexity index is 588. The van der Waals surface area contributed by atoms with Crippen LogP contribution in [0.2, 0.25) is 0 Å². The van der Waals surface area contributed by atoms with E-state index >= 15 is 0 Å². The van der Waals surface area contributed by atoms with Crippen molar-refractivity contribution in [3.8, 4) is 5.75 Å². The summed E-state index contributed by atoms with van der Waals surface area (Å²) in [5.41, 5.74) is 4.07. The number of nitrogens with zero attached hydrogens (tertiary/aromatic N) is 1. The minimum Gasteiger partial charge on any atom is -0.508 e. The Morgan fingerprint density at radius 3 is 3.05 bits per heavy atom. The highest BCUT2D eigenvalue weighted by Gasteiger charge is 2.21. The smallest absolute Gasteiger partial charge is 0.115 e. The van der Waals surface area contributed by atoms with Gasteiger partial charge in [0.25, 0.3) is 0 Å². The van der Waals surface area contributed by atoms with Crippen LogP contribution in [-0.2, 0) is 13.0 Å². The molecule has 0 saturated carbocycles. The number of aryl methyl sites for hydroxylation is 1. The second-order valence-corrected chi connectivity index (χ2v) is 5.58. The Labute approximate surface area is 120 Å². The van der Waals surface area contributed by atoms with Crippen molar-refractivity contribution >= 4 is 0 Å². The second-order valence-electron chi connectivity index (χ2n) is 5.58. The van der Waals surface area contributed by atoms with Gasteiger partial charge >= 0.3 is 0 Å². The van der Waals surface area contributed by atoms with Crippen LogP contribution in [0.15, 0.2) is 36.7 Å². The first-order chi connectivity index (χ1) is 9.76. The van der Waals surface area contributed by atoms with Gasteiger partial charge in [-0.1, -0.05) is 19.1 Å². The zero-order chi connectivity index (χ0) is 13.9. The topological polar surface area (TPSA) is 37.2 Å². The lowest BCUT2D eigenvalue weighted by atomic mass is 9.91. The number of hydrogen-bond donors (Lipinski definition) is 2. The fraction of sp³-hybridized carbons (Fsp3) is 0.412. The van der Waals surface area contributed by atoms with E-state index in [0.717, 1.165) is 18.7 Å². The zero-order valence-electron chi connectivity index (χ0n) is 12.0. The highest BCUT2D eigenvalue weighted by Crippen LogP contribution is 2.30. The van der Waals surface area contributed by atoms with Crippen molar-refractivity contribution in [2.45, 2.75) is 38.8 Å². The van der Waals surface area contributed by atoms with Crippen molar-refractivity contribution in [2.75, 3.05) is 6.54 Å². The monoisotopic (exact) mass is 270 g/mol.